The molecule has 0 saturated carbocycles. The summed E-state index contributed by atoms with van der Waals surface area (Å²) in [7, 11) is 0. The van der Waals surface area contributed by atoms with E-state index < -0.39 is 0 Å². The fourth-order valence-corrected chi connectivity index (χ4v) is 13.7. The van der Waals surface area contributed by atoms with Crippen LogP contribution in [0.4, 0.5) is 0 Å². The van der Waals surface area contributed by atoms with Crippen molar-refractivity contribution in [2.45, 2.75) is 138 Å². The van der Waals surface area contributed by atoms with Crippen LogP contribution in [0.2, 0.25) is 0 Å². The minimum absolute atomic E-state index is 0.571. The highest BCUT2D eigenvalue weighted by Crippen LogP contribution is 2.48. The number of para-hydroxylation sites is 2. The zero-order valence-electron chi connectivity index (χ0n) is 45.7. The van der Waals surface area contributed by atoms with Gasteiger partial charge >= 0.3 is 0 Å². The minimum Gasteiger partial charge on any atom is -0.340 e. The van der Waals surface area contributed by atoms with Crippen LogP contribution >= 0.6 is 0 Å². The van der Waals surface area contributed by atoms with Crippen LogP contribution in [0.25, 0.3) is 120 Å². The van der Waals surface area contributed by atoms with E-state index in [1.165, 1.54) is 191 Å². The Labute approximate surface area is 445 Å². The van der Waals surface area contributed by atoms with E-state index in [-0.39, 0.29) is 0 Å². The highest BCUT2D eigenvalue weighted by atomic mass is 15.0. The zero-order valence-corrected chi connectivity index (χ0v) is 45.7. The molecule has 9 aromatic carbocycles. The van der Waals surface area contributed by atoms with Crippen LogP contribution in [-0.4, -0.2) is 13.7 Å². The highest BCUT2D eigenvalue weighted by molar-refractivity contribution is 6.29. The number of unbranched alkanes of at least 4 members (excludes halogenated alkanes) is 3. The Hall–Kier alpha value is -6.84. The molecule has 0 N–H and O–H groups in total. The Morgan fingerprint density at radius 2 is 0.613 bits per heavy atom. The third-order valence-corrected chi connectivity index (χ3v) is 18.0. The molecule has 0 aliphatic heterocycles. The van der Waals surface area contributed by atoms with Crippen LogP contribution in [0.3, 0.4) is 0 Å². The third kappa shape index (κ3) is 8.50. The maximum Gasteiger partial charge on any atom is 0.0504 e. The van der Waals surface area contributed by atoms with Crippen LogP contribution < -0.4 is 0 Å². The number of hydrogen-bond donors (Lipinski definition) is 0. The van der Waals surface area contributed by atoms with Crippen molar-refractivity contribution in [3.8, 4) is 22.3 Å². The second-order valence-electron chi connectivity index (χ2n) is 22.4. The van der Waals surface area contributed by atoms with Crippen molar-refractivity contribution in [2.24, 2.45) is 17.8 Å². The van der Waals surface area contributed by atoms with Gasteiger partial charge in [0.25, 0.3) is 0 Å². The van der Waals surface area contributed by atoms with Gasteiger partial charge in [-0.05, 0) is 128 Å². The monoisotopic (exact) mass is 984 g/mol. The quantitative estimate of drug-likeness (QED) is 0.0723. The average Bonchev–Trinajstić information content (AvgIpc) is 4.09. The number of fused-ring (bicyclic) bond motifs is 15. The van der Waals surface area contributed by atoms with Gasteiger partial charge in [0, 0.05) is 68.5 Å². The van der Waals surface area contributed by atoms with Crippen molar-refractivity contribution >= 4 is 97.7 Å². The molecule has 0 bridgehead atoms. The molecule has 3 heterocycles. The van der Waals surface area contributed by atoms with Crippen LogP contribution in [0.1, 0.15) is 119 Å². The first-order valence-corrected chi connectivity index (χ1v) is 29.3. The number of hydrogen-bond acceptors (Lipinski definition) is 0. The summed E-state index contributed by atoms with van der Waals surface area (Å²) in [6, 6.07) is 61.5. The summed E-state index contributed by atoms with van der Waals surface area (Å²) in [4.78, 5) is 0. The molecule has 3 unspecified atom stereocenters. The Balaban J connectivity index is 1.13. The highest BCUT2D eigenvalue weighted by Gasteiger charge is 2.25. The van der Waals surface area contributed by atoms with Crippen LogP contribution in [-0.2, 0) is 19.6 Å². The molecule has 0 fully saturated rings. The van der Waals surface area contributed by atoms with Crippen LogP contribution in [0, 0.1) is 17.8 Å². The molecule has 0 aliphatic carbocycles. The average molecular weight is 984 g/mol. The first-order chi connectivity index (χ1) is 37.0. The van der Waals surface area contributed by atoms with E-state index in [0.29, 0.717) is 17.8 Å². The molecule has 0 aliphatic rings. The fourth-order valence-electron chi connectivity index (χ4n) is 13.7. The minimum atomic E-state index is 0.571. The molecule has 75 heavy (non-hydrogen) atoms. The van der Waals surface area contributed by atoms with E-state index in [1.54, 1.807) is 0 Å². The summed E-state index contributed by atoms with van der Waals surface area (Å²) < 4.78 is 8.14. The van der Waals surface area contributed by atoms with Gasteiger partial charge in [0.1, 0.15) is 0 Å². The van der Waals surface area contributed by atoms with E-state index in [2.05, 4.69) is 213 Å². The largest absolute Gasteiger partial charge is 0.340 e. The molecule has 0 radical (unpaired) electrons. The normalized spacial score (nSPS) is 13.6. The van der Waals surface area contributed by atoms with Crippen molar-refractivity contribution in [3.63, 3.8) is 0 Å². The Kier molecular flexibility index (Phi) is 13.8. The molecule has 3 aromatic heterocycles. The Bertz CT molecular complexity index is 4040. The Morgan fingerprint density at radius 3 is 1.00 bits per heavy atom. The van der Waals surface area contributed by atoms with Crippen molar-refractivity contribution in [3.05, 3.63) is 158 Å². The molecule has 0 spiro atoms. The lowest BCUT2D eigenvalue weighted by atomic mass is 9.90. The van der Waals surface area contributed by atoms with Gasteiger partial charge in [0.2, 0.25) is 0 Å². The van der Waals surface area contributed by atoms with Gasteiger partial charge in [-0.25, -0.2) is 0 Å². The molecule has 0 amide bonds. The SMILES string of the molecule is CCCCC(CC)Cn1c2ccccc2c2c3ccccc3c(-c3ccc4c5c6ccccc6c(-c6cc7c(c8ccccc68)c6ccccc6n7CC(CC)CCCC)cc5n(CC(CC)CCCC)c4c3)cc21. The fraction of sp³-hybridized carbons (Fsp3) is 0.333. The topological polar surface area (TPSA) is 14.8 Å². The van der Waals surface area contributed by atoms with E-state index in [4.69, 9.17) is 0 Å². The molecule has 12 rings (SSSR count). The lowest BCUT2D eigenvalue weighted by molar-refractivity contribution is 0.401. The molecule has 0 saturated heterocycles. The van der Waals surface area contributed by atoms with Crippen LogP contribution in [0.15, 0.2) is 158 Å². The zero-order chi connectivity index (χ0) is 51.2. The van der Waals surface area contributed by atoms with Gasteiger partial charge in [-0.3, -0.25) is 0 Å². The third-order valence-electron chi connectivity index (χ3n) is 18.0. The number of benzene rings is 9. The van der Waals surface area contributed by atoms with E-state index in [9.17, 15) is 0 Å². The summed E-state index contributed by atoms with van der Waals surface area (Å²) >= 11 is 0. The second kappa shape index (κ2) is 21.1. The van der Waals surface area contributed by atoms with Crippen molar-refractivity contribution in [2.75, 3.05) is 0 Å². The summed E-state index contributed by atoms with van der Waals surface area (Å²) in [5.74, 6) is 1.84. The number of aromatic nitrogens is 3. The lowest BCUT2D eigenvalue weighted by Gasteiger charge is -2.20. The predicted molar refractivity (Wildman–Crippen MR) is 329 cm³/mol. The van der Waals surface area contributed by atoms with Gasteiger partial charge in [0.15, 0.2) is 0 Å². The maximum atomic E-state index is 2.77. The van der Waals surface area contributed by atoms with Gasteiger partial charge in [-0.2, -0.15) is 0 Å². The number of rotatable bonds is 20. The standard InChI is InChI=1S/C72H77N3/c1-7-13-26-48(10-4)45-73-64-37-24-22-35-58(64)70-55-32-19-16-29-52(55)61(42-67(70)73)51-39-40-60-66(41-51)75(47-50(12-6)28-15-9-3)69-44-63(54-31-18-21-34-57(54)72(60)69)62-43-68-71(56-33-20-17-30-53(56)62)59-36-23-25-38-65(59)74(68)46-49(11-5)27-14-8-2/h16-25,29-44,48-50H,7-15,26-28,45-47H2,1-6H3. The lowest BCUT2D eigenvalue weighted by Crippen LogP contribution is -2.10. The first-order valence-electron chi connectivity index (χ1n) is 29.3. The van der Waals surface area contributed by atoms with Gasteiger partial charge < -0.3 is 13.7 Å². The van der Waals surface area contributed by atoms with Crippen LogP contribution in [0.5, 0.6) is 0 Å². The predicted octanol–water partition coefficient (Wildman–Crippen LogP) is 21.5. The Morgan fingerprint density at radius 1 is 0.293 bits per heavy atom. The van der Waals surface area contributed by atoms with Crippen molar-refractivity contribution in [1.82, 2.24) is 13.7 Å². The summed E-state index contributed by atoms with van der Waals surface area (Å²) in [6.45, 7) is 17.3. The molecule has 3 heteroatoms. The summed E-state index contributed by atoms with van der Waals surface area (Å²) in [6.07, 6.45) is 14.8. The van der Waals surface area contributed by atoms with E-state index in [0.717, 1.165) is 26.1 Å². The molecule has 3 atom stereocenters. The molecular weight excluding hydrogens is 907 g/mol. The molecule has 380 valence electrons. The molecule has 3 nitrogen and oxygen atoms in total. The second-order valence-corrected chi connectivity index (χ2v) is 22.4. The smallest absolute Gasteiger partial charge is 0.0504 e. The molecule has 12 aromatic rings. The van der Waals surface area contributed by atoms with E-state index >= 15 is 0 Å². The first kappa shape index (κ1) is 49.1. The summed E-state index contributed by atoms with van der Waals surface area (Å²) in [5, 5.41) is 16.2. The van der Waals surface area contributed by atoms with Gasteiger partial charge in [0.05, 0.1) is 16.6 Å². The summed E-state index contributed by atoms with van der Waals surface area (Å²) in [5.41, 5.74) is 13.4. The van der Waals surface area contributed by atoms with Gasteiger partial charge in [-0.1, -0.05) is 221 Å². The van der Waals surface area contributed by atoms with E-state index in [1.807, 2.05) is 0 Å². The maximum absolute atomic E-state index is 2.77. The number of nitrogens with zero attached hydrogens (tertiary/aromatic N) is 3. The van der Waals surface area contributed by atoms with Crippen molar-refractivity contribution in [1.29, 1.82) is 0 Å². The van der Waals surface area contributed by atoms with Gasteiger partial charge in [-0.15, -0.1) is 0 Å². The van der Waals surface area contributed by atoms with Crippen molar-refractivity contribution < 1.29 is 0 Å². The molecular formula is C72H77N3.